The van der Waals surface area contributed by atoms with Crippen LogP contribution in [0, 0.1) is 0 Å². The number of halogens is 1. The van der Waals surface area contributed by atoms with Crippen LogP contribution in [-0.2, 0) is 10.0 Å². The third-order valence-electron chi connectivity index (χ3n) is 1.16. The fraction of sp³-hybridized carbons (Fsp3) is 0.714. The molecule has 0 aliphatic carbocycles. The molecule has 3 nitrogen and oxygen atoms in total. The van der Waals surface area contributed by atoms with Crippen LogP contribution in [0.15, 0.2) is 11.6 Å². The number of hydrogen-bond acceptors (Lipinski definition) is 2. The van der Waals surface area contributed by atoms with Gasteiger partial charge in [0.05, 0.1) is 5.75 Å². The van der Waals surface area contributed by atoms with Gasteiger partial charge in [-0.2, -0.15) is 0 Å². The van der Waals surface area contributed by atoms with E-state index in [1.807, 2.05) is 19.9 Å². The van der Waals surface area contributed by atoms with E-state index in [2.05, 4.69) is 4.72 Å². The monoisotopic (exact) mass is 211 g/mol. The summed E-state index contributed by atoms with van der Waals surface area (Å²) in [6.45, 7) is 4.17. The summed E-state index contributed by atoms with van der Waals surface area (Å²) in [6.07, 6.45) is 1.81. The first-order valence-electron chi connectivity index (χ1n) is 3.64. The molecule has 0 aromatic rings. The van der Waals surface area contributed by atoms with Crippen molar-refractivity contribution >= 4 is 21.6 Å². The number of sulfonamides is 1. The molecule has 0 saturated carbocycles. The van der Waals surface area contributed by atoms with Crippen LogP contribution < -0.4 is 4.72 Å². The molecule has 12 heavy (non-hydrogen) atoms. The largest absolute Gasteiger partial charge is 0.213 e. The van der Waals surface area contributed by atoms with Gasteiger partial charge in [-0.05, 0) is 13.8 Å². The highest BCUT2D eigenvalue weighted by molar-refractivity contribution is 7.89. The Morgan fingerprint density at radius 3 is 2.50 bits per heavy atom. The minimum Gasteiger partial charge on any atom is -0.212 e. The second-order valence-corrected chi connectivity index (χ2v) is 4.94. The highest BCUT2D eigenvalue weighted by Gasteiger charge is 2.05. The predicted molar refractivity (Wildman–Crippen MR) is 51.9 cm³/mol. The van der Waals surface area contributed by atoms with Gasteiger partial charge in [0.15, 0.2) is 0 Å². The zero-order valence-electron chi connectivity index (χ0n) is 7.30. The number of alkyl halides is 1. The standard InChI is InChI=1S/C7H14ClNO2S/c1-7(2)3-5-9-12(10,11)6-4-8/h3,9H,4-6H2,1-2H3. The Hall–Kier alpha value is -0.0600. The van der Waals surface area contributed by atoms with Crippen molar-refractivity contribution in [3.63, 3.8) is 0 Å². The molecule has 0 saturated heterocycles. The van der Waals surface area contributed by atoms with Gasteiger partial charge in [-0.15, -0.1) is 11.6 Å². The summed E-state index contributed by atoms with van der Waals surface area (Å²) >= 11 is 5.29. The summed E-state index contributed by atoms with van der Waals surface area (Å²) in [6, 6.07) is 0. The maximum Gasteiger partial charge on any atom is 0.213 e. The van der Waals surface area contributed by atoms with Crippen LogP contribution in [0.2, 0.25) is 0 Å². The summed E-state index contributed by atoms with van der Waals surface area (Å²) in [5.74, 6) is 0.106. The molecule has 0 heterocycles. The van der Waals surface area contributed by atoms with E-state index in [0.717, 1.165) is 5.57 Å². The van der Waals surface area contributed by atoms with E-state index in [9.17, 15) is 8.42 Å². The van der Waals surface area contributed by atoms with E-state index in [4.69, 9.17) is 11.6 Å². The van der Waals surface area contributed by atoms with E-state index < -0.39 is 10.0 Å². The lowest BCUT2D eigenvalue weighted by Gasteiger charge is -2.01. The van der Waals surface area contributed by atoms with Crippen molar-refractivity contribution in [3.8, 4) is 0 Å². The molecule has 0 atom stereocenters. The molecular formula is C7H14ClNO2S. The highest BCUT2D eigenvalue weighted by atomic mass is 35.5. The number of allylic oxidation sites excluding steroid dienone is 1. The molecular weight excluding hydrogens is 198 g/mol. The van der Waals surface area contributed by atoms with Gasteiger partial charge in [-0.1, -0.05) is 11.6 Å². The molecule has 5 heteroatoms. The number of hydrogen-bond donors (Lipinski definition) is 1. The summed E-state index contributed by atoms with van der Waals surface area (Å²) < 4.78 is 24.4. The van der Waals surface area contributed by atoms with Crippen molar-refractivity contribution in [2.75, 3.05) is 18.2 Å². The molecule has 0 bridgehead atoms. The normalized spacial score (nSPS) is 11.2. The summed E-state index contributed by atoms with van der Waals surface area (Å²) in [5, 5.41) is 0. The summed E-state index contributed by atoms with van der Waals surface area (Å²) in [5.41, 5.74) is 1.09. The average molecular weight is 212 g/mol. The second kappa shape index (κ2) is 5.56. The van der Waals surface area contributed by atoms with Crippen molar-refractivity contribution in [1.82, 2.24) is 4.72 Å². The molecule has 0 aliphatic heterocycles. The minimum absolute atomic E-state index is 0.0227. The van der Waals surface area contributed by atoms with Crippen molar-refractivity contribution in [3.05, 3.63) is 11.6 Å². The minimum atomic E-state index is -3.15. The lowest BCUT2D eigenvalue weighted by atomic mass is 10.3. The Kier molecular flexibility index (Phi) is 5.53. The van der Waals surface area contributed by atoms with E-state index >= 15 is 0 Å². The topological polar surface area (TPSA) is 46.2 Å². The Morgan fingerprint density at radius 1 is 1.50 bits per heavy atom. The molecule has 0 amide bonds. The van der Waals surface area contributed by atoms with Crippen LogP contribution in [0.5, 0.6) is 0 Å². The van der Waals surface area contributed by atoms with Crippen molar-refractivity contribution in [2.45, 2.75) is 13.8 Å². The Morgan fingerprint density at radius 2 is 2.08 bits per heavy atom. The number of rotatable bonds is 5. The first-order chi connectivity index (χ1) is 5.48. The van der Waals surface area contributed by atoms with Gasteiger partial charge < -0.3 is 0 Å². The molecule has 0 spiro atoms. The van der Waals surface area contributed by atoms with Crippen LogP contribution in [0.4, 0.5) is 0 Å². The van der Waals surface area contributed by atoms with Crippen LogP contribution in [0.25, 0.3) is 0 Å². The quantitative estimate of drug-likeness (QED) is 0.547. The zero-order valence-corrected chi connectivity index (χ0v) is 8.87. The SMILES string of the molecule is CC(C)=CCNS(=O)(=O)CCCl. The Balaban J connectivity index is 3.85. The Labute approximate surface area is 78.9 Å². The van der Waals surface area contributed by atoms with E-state index in [1.54, 1.807) is 0 Å². The fourth-order valence-corrected chi connectivity index (χ4v) is 1.84. The van der Waals surface area contributed by atoms with E-state index in [0.29, 0.717) is 6.54 Å². The summed E-state index contributed by atoms with van der Waals surface area (Å²) in [4.78, 5) is 0. The first-order valence-corrected chi connectivity index (χ1v) is 5.83. The maximum atomic E-state index is 11.0. The zero-order chi connectivity index (χ0) is 9.61. The lowest BCUT2D eigenvalue weighted by Crippen LogP contribution is -2.27. The molecule has 0 rings (SSSR count). The average Bonchev–Trinajstić information content (AvgIpc) is 1.85. The van der Waals surface area contributed by atoms with Gasteiger partial charge in [-0.25, -0.2) is 13.1 Å². The van der Waals surface area contributed by atoms with Gasteiger partial charge in [0.25, 0.3) is 0 Å². The van der Waals surface area contributed by atoms with Crippen LogP contribution in [-0.4, -0.2) is 26.6 Å². The second-order valence-electron chi connectivity index (χ2n) is 2.64. The molecule has 1 N–H and O–H groups in total. The van der Waals surface area contributed by atoms with Gasteiger partial charge in [0.1, 0.15) is 0 Å². The van der Waals surface area contributed by atoms with Gasteiger partial charge in [0.2, 0.25) is 10.0 Å². The molecule has 72 valence electrons. The van der Waals surface area contributed by atoms with Crippen molar-refractivity contribution in [1.29, 1.82) is 0 Å². The molecule has 0 aromatic heterocycles. The molecule has 0 aliphatic rings. The maximum absolute atomic E-state index is 11.0. The van der Waals surface area contributed by atoms with Crippen molar-refractivity contribution in [2.24, 2.45) is 0 Å². The molecule has 0 aromatic carbocycles. The third kappa shape index (κ3) is 6.64. The Bertz CT molecular complexity index is 242. The lowest BCUT2D eigenvalue weighted by molar-refractivity contribution is 0.587. The van der Waals surface area contributed by atoms with Gasteiger partial charge in [-0.3, -0.25) is 0 Å². The molecule has 0 fully saturated rings. The number of nitrogens with one attached hydrogen (secondary N) is 1. The van der Waals surface area contributed by atoms with Crippen molar-refractivity contribution < 1.29 is 8.42 Å². The fourth-order valence-electron chi connectivity index (χ4n) is 0.546. The molecule has 0 unspecified atom stereocenters. The van der Waals surface area contributed by atoms with Crippen LogP contribution >= 0.6 is 11.6 Å². The third-order valence-corrected chi connectivity index (χ3v) is 2.92. The molecule has 0 radical (unpaired) electrons. The van der Waals surface area contributed by atoms with E-state index in [1.165, 1.54) is 0 Å². The van der Waals surface area contributed by atoms with Gasteiger partial charge in [0, 0.05) is 12.4 Å². The van der Waals surface area contributed by atoms with Crippen LogP contribution in [0.3, 0.4) is 0 Å². The van der Waals surface area contributed by atoms with E-state index in [-0.39, 0.29) is 11.6 Å². The highest BCUT2D eigenvalue weighted by Crippen LogP contribution is 1.89. The first kappa shape index (κ1) is 11.9. The predicted octanol–water partition coefficient (Wildman–Crippen LogP) is 1.11. The van der Waals surface area contributed by atoms with Crippen LogP contribution in [0.1, 0.15) is 13.8 Å². The summed E-state index contributed by atoms with van der Waals surface area (Å²) in [7, 11) is -3.15. The van der Waals surface area contributed by atoms with Gasteiger partial charge >= 0.3 is 0 Å². The smallest absolute Gasteiger partial charge is 0.212 e.